The zero-order valence-electron chi connectivity index (χ0n) is 12.8. The van der Waals surface area contributed by atoms with E-state index in [0.717, 1.165) is 38.6 Å². The second-order valence-electron chi connectivity index (χ2n) is 6.85. The summed E-state index contributed by atoms with van der Waals surface area (Å²) in [4.78, 5) is 37.1. The van der Waals surface area contributed by atoms with Crippen LogP contribution < -0.4 is 5.32 Å². The number of carboxylic acids is 1. The Balaban J connectivity index is 1.45. The summed E-state index contributed by atoms with van der Waals surface area (Å²) in [6.45, 7) is 2.02. The number of hydrogen-bond acceptors (Lipinski definition) is 3. The lowest BCUT2D eigenvalue weighted by molar-refractivity contribution is -0.149. The molecule has 0 aromatic heterocycles. The quantitative estimate of drug-likeness (QED) is 0.713. The van der Waals surface area contributed by atoms with Crippen LogP contribution in [0.2, 0.25) is 0 Å². The zero-order valence-corrected chi connectivity index (χ0v) is 12.8. The van der Waals surface area contributed by atoms with E-state index in [2.05, 4.69) is 5.32 Å². The molecule has 6 heteroatoms. The fraction of sp³-hybridized carbons (Fsp3) is 0.812. The first-order valence-electron chi connectivity index (χ1n) is 8.36. The molecule has 2 amide bonds. The standard InChI is InChI=1S/C16H24N2O4/c19-12-3-1-7-18(12)8-2-6-17-15(20)13-10-4-5-11(9-10)14(13)16(21)22/h10-11,13-14H,1-9H2,(H,17,20)(H,21,22)/t10-,11-,13+,14-/m0/s1. The minimum absolute atomic E-state index is 0.104. The Morgan fingerprint density at radius 3 is 2.59 bits per heavy atom. The van der Waals surface area contributed by atoms with Gasteiger partial charge in [0.15, 0.2) is 0 Å². The highest BCUT2D eigenvalue weighted by Gasteiger charge is 2.53. The minimum atomic E-state index is -0.824. The van der Waals surface area contributed by atoms with Crippen molar-refractivity contribution in [3.63, 3.8) is 0 Å². The molecule has 3 fully saturated rings. The largest absolute Gasteiger partial charge is 0.481 e. The summed E-state index contributed by atoms with van der Waals surface area (Å²) in [5, 5.41) is 12.3. The van der Waals surface area contributed by atoms with Gasteiger partial charge in [-0.05, 0) is 43.9 Å². The average molecular weight is 308 g/mol. The maximum atomic E-state index is 12.4. The zero-order chi connectivity index (χ0) is 15.7. The SMILES string of the molecule is O=C(NCCCN1CCCC1=O)[C@@H]1[C@H]2CC[C@@H](C2)[C@@H]1C(=O)O. The van der Waals surface area contributed by atoms with Crippen LogP contribution in [0.3, 0.4) is 0 Å². The first kappa shape index (κ1) is 15.3. The van der Waals surface area contributed by atoms with Gasteiger partial charge in [0.05, 0.1) is 11.8 Å². The third-order valence-corrected chi connectivity index (χ3v) is 5.58. The highest BCUT2D eigenvalue weighted by molar-refractivity contribution is 5.86. The van der Waals surface area contributed by atoms with Crippen molar-refractivity contribution in [1.29, 1.82) is 0 Å². The van der Waals surface area contributed by atoms with E-state index in [0.29, 0.717) is 19.5 Å². The van der Waals surface area contributed by atoms with E-state index in [1.807, 2.05) is 4.90 Å². The molecule has 6 nitrogen and oxygen atoms in total. The predicted octanol–water partition coefficient (Wildman–Crippen LogP) is 0.862. The summed E-state index contributed by atoms with van der Waals surface area (Å²) >= 11 is 0. The van der Waals surface area contributed by atoms with Crippen molar-refractivity contribution < 1.29 is 19.5 Å². The van der Waals surface area contributed by atoms with Crippen LogP contribution in [0.1, 0.15) is 38.5 Å². The van der Waals surface area contributed by atoms with Crippen LogP contribution in [0.5, 0.6) is 0 Å². The van der Waals surface area contributed by atoms with Crippen LogP contribution in [0.4, 0.5) is 0 Å². The third-order valence-electron chi connectivity index (χ3n) is 5.58. The molecule has 1 saturated heterocycles. The smallest absolute Gasteiger partial charge is 0.307 e. The van der Waals surface area contributed by atoms with Crippen molar-refractivity contribution in [3.05, 3.63) is 0 Å². The molecule has 0 radical (unpaired) electrons. The van der Waals surface area contributed by atoms with E-state index in [9.17, 15) is 19.5 Å². The van der Waals surface area contributed by atoms with E-state index in [1.54, 1.807) is 0 Å². The molecule has 0 aromatic rings. The first-order valence-corrected chi connectivity index (χ1v) is 8.36. The minimum Gasteiger partial charge on any atom is -0.481 e. The lowest BCUT2D eigenvalue weighted by atomic mass is 9.78. The molecule has 122 valence electrons. The molecule has 1 aliphatic heterocycles. The van der Waals surface area contributed by atoms with Gasteiger partial charge >= 0.3 is 5.97 Å². The molecule has 22 heavy (non-hydrogen) atoms. The van der Waals surface area contributed by atoms with Gasteiger partial charge in [-0.2, -0.15) is 0 Å². The van der Waals surface area contributed by atoms with Gasteiger partial charge in [0.1, 0.15) is 0 Å². The molecule has 4 atom stereocenters. The number of rotatable bonds is 6. The Morgan fingerprint density at radius 2 is 1.95 bits per heavy atom. The summed E-state index contributed by atoms with van der Waals surface area (Å²) in [5.74, 6) is -1.16. The summed E-state index contributed by atoms with van der Waals surface area (Å²) in [6, 6.07) is 0. The Morgan fingerprint density at radius 1 is 1.23 bits per heavy atom. The van der Waals surface area contributed by atoms with Crippen LogP contribution >= 0.6 is 0 Å². The third kappa shape index (κ3) is 2.83. The summed E-state index contributed by atoms with van der Waals surface area (Å²) < 4.78 is 0. The van der Waals surface area contributed by atoms with Gasteiger partial charge in [-0.15, -0.1) is 0 Å². The number of amides is 2. The second-order valence-corrected chi connectivity index (χ2v) is 6.85. The maximum absolute atomic E-state index is 12.4. The topological polar surface area (TPSA) is 86.7 Å². The average Bonchev–Trinajstić information content (AvgIpc) is 3.18. The van der Waals surface area contributed by atoms with Gasteiger partial charge < -0.3 is 15.3 Å². The van der Waals surface area contributed by atoms with Crippen LogP contribution in [-0.2, 0) is 14.4 Å². The molecule has 0 spiro atoms. The maximum Gasteiger partial charge on any atom is 0.307 e. The van der Waals surface area contributed by atoms with E-state index >= 15 is 0 Å². The first-order chi connectivity index (χ1) is 10.6. The van der Waals surface area contributed by atoms with E-state index in [-0.39, 0.29) is 29.6 Å². The normalized spacial score (nSPS) is 33.5. The number of nitrogens with zero attached hydrogens (tertiary/aromatic N) is 1. The Bertz CT molecular complexity index is 479. The summed E-state index contributed by atoms with van der Waals surface area (Å²) in [6.07, 6.45) is 5.11. The van der Waals surface area contributed by atoms with Crippen molar-refractivity contribution >= 4 is 17.8 Å². The number of carbonyl (C=O) groups is 3. The van der Waals surface area contributed by atoms with E-state index < -0.39 is 11.9 Å². The van der Waals surface area contributed by atoms with Crippen molar-refractivity contribution in [3.8, 4) is 0 Å². The lowest BCUT2D eigenvalue weighted by Crippen LogP contribution is -2.42. The molecule has 2 bridgehead atoms. The molecule has 2 saturated carbocycles. The van der Waals surface area contributed by atoms with Gasteiger partial charge in [0.2, 0.25) is 11.8 Å². The Labute approximate surface area is 130 Å². The number of aliphatic carboxylic acids is 1. The molecule has 1 heterocycles. The van der Waals surface area contributed by atoms with Gasteiger partial charge in [-0.25, -0.2) is 0 Å². The molecular weight excluding hydrogens is 284 g/mol. The van der Waals surface area contributed by atoms with Crippen molar-refractivity contribution in [2.24, 2.45) is 23.7 Å². The molecule has 3 aliphatic rings. The number of carboxylic acid groups (broad SMARTS) is 1. The highest BCUT2D eigenvalue weighted by atomic mass is 16.4. The monoisotopic (exact) mass is 308 g/mol. The highest BCUT2D eigenvalue weighted by Crippen LogP contribution is 2.52. The molecule has 2 aliphatic carbocycles. The Kier molecular flexibility index (Phi) is 4.36. The number of fused-ring (bicyclic) bond motifs is 2. The molecule has 3 rings (SSSR count). The van der Waals surface area contributed by atoms with Gasteiger partial charge in [0.25, 0.3) is 0 Å². The molecule has 0 aromatic carbocycles. The van der Waals surface area contributed by atoms with Gasteiger partial charge in [-0.1, -0.05) is 0 Å². The number of carbonyl (C=O) groups excluding carboxylic acids is 2. The molecule has 2 N–H and O–H groups in total. The van der Waals surface area contributed by atoms with E-state index in [1.165, 1.54) is 0 Å². The van der Waals surface area contributed by atoms with Crippen LogP contribution in [0.15, 0.2) is 0 Å². The molecular formula is C16H24N2O4. The number of likely N-dealkylation sites (tertiary alicyclic amines) is 1. The van der Waals surface area contributed by atoms with Crippen LogP contribution in [0.25, 0.3) is 0 Å². The fourth-order valence-electron chi connectivity index (χ4n) is 4.56. The van der Waals surface area contributed by atoms with Crippen molar-refractivity contribution in [2.75, 3.05) is 19.6 Å². The van der Waals surface area contributed by atoms with E-state index in [4.69, 9.17) is 0 Å². The number of hydrogen-bond donors (Lipinski definition) is 2. The fourth-order valence-corrected chi connectivity index (χ4v) is 4.56. The summed E-state index contributed by atoms with van der Waals surface area (Å²) in [5.41, 5.74) is 0. The Hall–Kier alpha value is -1.59. The number of nitrogens with one attached hydrogen (secondary N) is 1. The van der Waals surface area contributed by atoms with Crippen LogP contribution in [-0.4, -0.2) is 47.4 Å². The molecule has 0 unspecified atom stereocenters. The van der Waals surface area contributed by atoms with Crippen molar-refractivity contribution in [2.45, 2.75) is 38.5 Å². The second kappa shape index (κ2) is 6.26. The van der Waals surface area contributed by atoms with Crippen LogP contribution in [0, 0.1) is 23.7 Å². The van der Waals surface area contributed by atoms with Crippen molar-refractivity contribution in [1.82, 2.24) is 10.2 Å². The summed E-state index contributed by atoms with van der Waals surface area (Å²) in [7, 11) is 0. The van der Waals surface area contributed by atoms with Gasteiger partial charge in [0, 0.05) is 26.1 Å². The van der Waals surface area contributed by atoms with Gasteiger partial charge in [-0.3, -0.25) is 14.4 Å². The predicted molar refractivity (Wildman–Crippen MR) is 78.9 cm³/mol. The lowest BCUT2D eigenvalue weighted by Gasteiger charge is -2.27.